The minimum Gasteiger partial charge on any atom is -0.353 e. The summed E-state index contributed by atoms with van der Waals surface area (Å²) in [6.45, 7) is 4.95. The molecule has 0 bridgehead atoms. The van der Waals surface area contributed by atoms with E-state index in [-0.39, 0.29) is 23.9 Å². The molecule has 6 heteroatoms. The molecule has 2 unspecified atom stereocenters. The predicted octanol–water partition coefficient (Wildman–Crippen LogP) is -1.42. The SMILES string of the molecule is CCC(C(=O)NN)N1CCNC(=O)C1C. The van der Waals surface area contributed by atoms with Gasteiger partial charge in [0.15, 0.2) is 0 Å². The smallest absolute Gasteiger partial charge is 0.251 e. The number of hydrogen-bond acceptors (Lipinski definition) is 4. The summed E-state index contributed by atoms with van der Waals surface area (Å²) in [6.07, 6.45) is 0.640. The topological polar surface area (TPSA) is 87.5 Å². The van der Waals surface area contributed by atoms with Gasteiger partial charge in [-0.2, -0.15) is 0 Å². The summed E-state index contributed by atoms with van der Waals surface area (Å²) in [6, 6.07) is -0.600. The third-order valence-electron chi connectivity index (χ3n) is 2.78. The van der Waals surface area contributed by atoms with Crippen molar-refractivity contribution < 1.29 is 9.59 Å². The van der Waals surface area contributed by atoms with E-state index in [0.29, 0.717) is 19.5 Å². The fraction of sp³-hybridized carbons (Fsp3) is 0.778. The lowest BCUT2D eigenvalue weighted by molar-refractivity contribution is -0.134. The van der Waals surface area contributed by atoms with Crippen LogP contribution in [0.4, 0.5) is 0 Å². The first-order chi connectivity index (χ1) is 7.11. The summed E-state index contributed by atoms with van der Waals surface area (Å²) in [7, 11) is 0. The number of carbonyl (C=O) groups excluding carboxylic acids is 2. The summed E-state index contributed by atoms with van der Waals surface area (Å²) >= 11 is 0. The van der Waals surface area contributed by atoms with Crippen molar-refractivity contribution in [3.05, 3.63) is 0 Å². The van der Waals surface area contributed by atoms with Crippen LogP contribution in [0.5, 0.6) is 0 Å². The first-order valence-electron chi connectivity index (χ1n) is 5.15. The lowest BCUT2D eigenvalue weighted by atomic mass is 10.1. The van der Waals surface area contributed by atoms with Gasteiger partial charge in [-0.05, 0) is 13.3 Å². The molecule has 15 heavy (non-hydrogen) atoms. The number of hydrazine groups is 1. The zero-order chi connectivity index (χ0) is 11.4. The van der Waals surface area contributed by atoms with Gasteiger partial charge in [0.2, 0.25) is 5.91 Å². The maximum atomic E-state index is 11.5. The Balaban J connectivity index is 2.74. The van der Waals surface area contributed by atoms with Gasteiger partial charge in [0.05, 0.1) is 12.1 Å². The highest BCUT2D eigenvalue weighted by atomic mass is 16.2. The van der Waals surface area contributed by atoms with Crippen molar-refractivity contribution in [3.8, 4) is 0 Å². The molecule has 1 fully saturated rings. The van der Waals surface area contributed by atoms with Crippen molar-refractivity contribution in [2.24, 2.45) is 5.84 Å². The Bertz CT molecular complexity index is 256. The van der Waals surface area contributed by atoms with E-state index < -0.39 is 0 Å². The molecule has 1 rings (SSSR count). The van der Waals surface area contributed by atoms with Crippen molar-refractivity contribution in [3.63, 3.8) is 0 Å². The molecule has 0 aromatic heterocycles. The molecule has 0 saturated carbocycles. The van der Waals surface area contributed by atoms with E-state index in [4.69, 9.17) is 5.84 Å². The van der Waals surface area contributed by atoms with Crippen LogP contribution in [0.1, 0.15) is 20.3 Å². The van der Waals surface area contributed by atoms with Gasteiger partial charge in [0.25, 0.3) is 5.91 Å². The Morgan fingerprint density at radius 2 is 2.47 bits per heavy atom. The van der Waals surface area contributed by atoms with Gasteiger partial charge in [0, 0.05) is 13.1 Å². The number of nitrogens with one attached hydrogen (secondary N) is 2. The number of carbonyl (C=O) groups is 2. The maximum absolute atomic E-state index is 11.5. The molecule has 2 amide bonds. The molecule has 86 valence electrons. The normalized spacial score (nSPS) is 24.5. The fourth-order valence-corrected chi connectivity index (χ4v) is 1.89. The van der Waals surface area contributed by atoms with Gasteiger partial charge in [-0.3, -0.25) is 19.9 Å². The maximum Gasteiger partial charge on any atom is 0.251 e. The summed E-state index contributed by atoms with van der Waals surface area (Å²) in [5.41, 5.74) is 2.14. The third kappa shape index (κ3) is 2.45. The van der Waals surface area contributed by atoms with Gasteiger partial charge >= 0.3 is 0 Å². The average Bonchev–Trinajstić information content (AvgIpc) is 2.24. The van der Waals surface area contributed by atoms with Crippen LogP contribution < -0.4 is 16.6 Å². The molecule has 6 nitrogen and oxygen atoms in total. The van der Waals surface area contributed by atoms with Gasteiger partial charge < -0.3 is 5.32 Å². The number of piperazine rings is 1. The summed E-state index contributed by atoms with van der Waals surface area (Å²) in [5, 5.41) is 2.75. The Kier molecular flexibility index (Phi) is 4.05. The standard InChI is InChI=1S/C9H18N4O2/c1-3-7(9(15)12-10)13-5-4-11-8(14)6(13)2/h6-7H,3-5,10H2,1-2H3,(H,11,14)(H,12,15). The molecule has 1 aliphatic heterocycles. The number of nitrogens with two attached hydrogens (primary N) is 1. The van der Waals surface area contributed by atoms with Crippen LogP contribution >= 0.6 is 0 Å². The first kappa shape index (κ1) is 11.9. The molecular formula is C9H18N4O2. The van der Waals surface area contributed by atoms with Crippen LogP contribution in [-0.2, 0) is 9.59 Å². The number of amides is 2. The Labute approximate surface area is 89.1 Å². The van der Waals surface area contributed by atoms with Crippen LogP contribution in [0.2, 0.25) is 0 Å². The average molecular weight is 214 g/mol. The van der Waals surface area contributed by atoms with Gasteiger partial charge in [-0.25, -0.2) is 5.84 Å². The quantitative estimate of drug-likeness (QED) is 0.305. The minimum absolute atomic E-state index is 0.0375. The lowest BCUT2D eigenvalue weighted by Gasteiger charge is -2.37. The molecule has 1 saturated heterocycles. The highest BCUT2D eigenvalue weighted by molar-refractivity contribution is 5.85. The van der Waals surface area contributed by atoms with E-state index in [9.17, 15) is 9.59 Å². The second-order valence-corrected chi connectivity index (χ2v) is 3.64. The van der Waals surface area contributed by atoms with E-state index >= 15 is 0 Å². The summed E-state index contributed by atoms with van der Waals surface area (Å²) in [5.74, 6) is 4.83. The molecule has 1 aliphatic rings. The molecule has 0 aromatic rings. The van der Waals surface area contributed by atoms with Crippen LogP contribution in [0.25, 0.3) is 0 Å². The zero-order valence-corrected chi connectivity index (χ0v) is 9.12. The van der Waals surface area contributed by atoms with Crippen LogP contribution in [0, 0.1) is 0 Å². The van der Waals surface area contributed by atoms with Crippen LogP contribution in [0.15, 0.2) is 0 Å². The predicted molar refractivity (Wildman–Crippen MR) is 55.6 cm³/mol. The second-order valence-electron chi connectivity index (χ2n) is 3.64. The molecule has 0 radical (unpaired) electrons. The van der Waals surface area contributed by atoms with E-state index in [1.807, 2.05) is 11.8 Å². The first-order valence-corrected chi connectivity index (χ1v) is 5.15. The Morgan fingerprint density at radius 1 is 1.80 bits per heavy atom. The van der Waals surface area contributed by atoms with Gasteiger partial charge in [0.1, 0.15) is 0 Å². The lowest BCUT2D eigenvalue weighted by Crippen LogP contribution is -2.60. The third-order valence-corrected chi connectivity index (χ3v) is 2.78. The number of nitrogens with zero attached hydrogens (tertiary/aromatic N) is 1. The number of hydrogen-bond donors (Lipinski definition) is 3. The highest BCUT2D eigenvalue weighted by Gasteiger charge is 2.33. The van der Waals surface area contributed by atoms with E-state index in [1.54, 1.807) is 6.92 Å². The molecule has 4 N–H and O–H groups in total. The summed E-state index contributed by atoms with van der Waals surface area (Å²) in [4.78, 5) is 24.8. The molecule has 2 atom stereocenters. The molecule has 1 heterocycles. The fourth-order valence-electron chi connectivity index (χ4n) is 1.89. The molecule has 0 aliphatic carbocycles. The minimum atomic E-state index is -0.323. The zero-order valence-electron chi connectivity index (χ0n) is 9.12. The van der Waals surface area contributed by atoms with Crippen LogP contribution in [-0.4, -0.2) is 41.9 Å². The van der Waals surface area contributed by atoms with Crippen molar-refractivity contribution in [1.29, 1.82) is 0 Å². The van der Waals surface area contributed by atoms with Crippen LogP contribution in [0.3, 0.4) is 0 Å². The summed E-state index contributed by atoms with van der Waals surface area (Å²) < 4.78 is 0. The molecule has 0 spiro atoms. The Hall–Kier alpha value is -1.14. The van der Waals surface area contributed by atoms with Crippen molar-refractivity contribution >= 4 is 11.8 Å². The monoisotopic (exact) mass is 214 g/mol. The second kappa shape index (κ2) is 5.09. The van der Waals surface area contributed by atoms with Gasteiger partial charge in [-0.15, -0.1) is 0 Å². The van der Waals surface area contributed by atoms with Crippen molar-refractivity contribution in [2.45, 2.75) is 32.4 Å². The van der Waals surface area contributed by atoms with Gasteiger partial charge in [-0.1, -0.05) is 6.92 Å². The van der Waals surface area contributed by atoms with E-state index in [1.165, 1.54) is 0 Å². The number of rotatable bonds is 3. The van der Waals surface area contributed by atoms with Crippen molar-refractivity contribution in [2.75, 3.05) is 13.1 Å². The Morgan fingerprint density at radius 3 is 3.00 bits per heavy atom. The highest BCUT2D eigenvalue weighted by Crippen LogP contribution is 2.11. The largest absolute Gasteiger partial charge is 0.353 e. The molecule has 0 aromatic carbocycles. The van der Waals surface area contributed by atoms with Crippen molar-refractivity contribution in [1.82, 2.24) is 15.6 Å². The van der Waals surface area contributed by atoms with E-state index in [2.05, 4.69) is 10.7 Å². The molecular weight excluding hydrogens is 196 g/mol. The van der Waals surface area contributed by atoms with E-state index in [0.717, 1.165) is 0 Å².